The average molecular weight is 317 g/mol. The zero-order chi connectivity index (χ0) is 16.1. The standard InChI is InChI=1S/C18H27N3O2/c1-23-17-5-2-15(3-6-17)4-7-18(22)21-11-8-16(14-21)20-12-9-19-10-13-20/h2-3,5-6,16,19H,4,7-14H2,1H3. The number of hydrogen-bond donors (Lipinski definition) is 1. The third-order valence-electron chi connectivity index (χ3n) is 4.97. The van der Waals surface area contributed by atoms with Gasteiger partial charge in [-0.25, -0.2) is 0 Å². The highest BCUT2D eigenvalue weighted by Crippen LogP contribution is 2.18. The average Bonchev–Trinajstić information content (AvgIpc) is 3.11. The summed E-state index contributed by atoms with van der Waals surface area (Å²) >= 11 is 0. The molecule has 5 heteroatoms. The van der Waals surface area contributed by atoms with Crippen LogP contribution >= 0.6 is 0 Å². The van der Waals surface area contributed by atoms with Crippen LogP contribution in [0.15, 0.2) is 24.3 Å². The highest BCUT2D eigenvalue weighted by molar-refractivity contribution is 5.76. The molecule has 0 spiro atoms. The number of rotatable bonds is 5. The Morgan fingerprint density at radius 2 is 1.96 bits per heavy atom. The predicted octanol–water partition coefficient (Wildman–Crippen LogP) is 1.13. The van der Waals surface area contributed by atoms with Gasteiger partial charge in [0.15, 0.2) is 0 Å². The fourth-order valence-corrected chi connectivity index (χ4v) is 3.52. The molecular formula is C18H27N3O2. The summed E-state index contributed by atoms with van der Waals surface area (Å²) in [5.41, 5.74) is 1.19. The van der Waals surface area contributed by atoms with Crippen LogP contribution in [-0.4, -0.2) is 68.1 Å². The van der Waals surface area contributed by atoms with Crippen molar-refractivity contribution in [2.24, 2.45) is 0 Å². The van der Waals surface area contributed by atoms with Crippen LogP contribution in [0.2, 0.25) is 0 Å². The van der Waals surface area contributed by atoms with E-state index in [1.165, 1.54) is 5.56 Å². The van der Waals surface area contributed by atoms with Gasteiger partial charge >= 0.3 is 0 Å². The molecule has 5 nitrogen and oxygen atoms in total. The van der Waals surface area contributed by atoms with Crippen LogP contribution < -0.4 is 10.1 Å². The number of hydrogen-bond acceptors (Lipinski definition) is 4. The molecule has 2 heterocycles. The fourth-order valence-electron chi connectivity index (χ4n) is 3.52. The molecule has 3 rings (SSSR count). The molecule has 0 radical (unpaired) electrons. The van der Waals surface area contributed by atoms with Crippen molar-refractivity contribution in [3.05, 3.63) is 29.8 Å². The van der Waals surface area contributed by atoms with E-state index in [0.717, 1.165) is 57.9 Å². The second-order valence-corrected chi connectivity index (χ2v) is 6.42. The third kappa shape index (κ3) is 4.24. The quantitative estimate of drug-likeness (QED) is 0.884. The van der Waals surface area contributed by atoms with Crippen LogP contribution in [0.3, 0.4) is 0 Å². The Bertz CT molecular complexity index is 512. The van der Waals surface area contributed by atoms with E-state index in [2.05, 4.69) is 15.1 Å². The van der Waals surface area contributed by atoms with Crippen molar-refractivity contribution < 1.29 is 9.53 Å². The number of piperazine rings is 1. The fraction of sp³-hybridized carbons (Fsp3) is 0.611. The van der Waals surface area contributed by atoms with E-state index in [0.29, 0.717) is 18.4 Å². The van der Waals surface area contributed by atoms with E-state index < -0.39 is 0 Å². The van der Waals surface area contributed by atoms with Crippen LogP contribution in [0.4, 0.5) is 0 Å². The van der Waals surface area contributed by atoms with Gasteiger partial charge in [-0.1, -0.05) is 12.1 Å². The summed E-state index contributed by atoms with van der Waals surface area (Å²) in [5, 5.41) is 3.39. The zero-order valence-corrected chi connectivity index (χ0v) is 14.0. The molecule has 1 unspecified atom stereocenters. The first-order valence-corrected chi connectivity index (χ1v) is 8.62. The molecule has 2 saturated heterocycles. The third-order valence-corrected chi connectivity index (χ3v) is 4.97. The van der Waals surface area contributed by atoms with Gasteiger partial charge in [0.25, 0.3) is 0 Å². The lowest BCUT2D eigenvalue weighted by atomic mass is 10.1. The molecule has 1 N–H and O–H groups in total. The van der Waals surface area contributed by atoms with E-state index in [4.69, 9.17) is 4.74 Å². The summed E-state index contributed by atoms with van der Waals surface area (Å²) in [5.74, 6) is 1.15. The molecular weight excluding hydrogens is 290 g/mol. The van der Waals surface area contributed by atoms with Crippen LogP contribution in [0.5, 0.6) is 5.75 Å². The summed E-state index contributed by atoms with van der Waals surface area (Å²) in [6, 6.07) is 8.55. The van der Waals surface area contributed by atoms with Gasteiger partial charge in [0, 0.05) is 51.7 Å². The maximum atomic E-state index is 12.4. The van der Waals surface area contributed by atoms with Gasteiger partial charge in [-0.15, -0.1) is 0 Å². The van der Waals surface area contributed by atoms with Gasteiger partial charge in [-0.2, -0.15) is 0 Å². The lowest BCUT2D eigenvalue weighted by Gasteiger charge is -2.32. The summed E-state index contributed by atoms with van der Waals surface area (Å²) in [7, 11) is 1.67. The van der Waals surface area contributed by atoms with Crippen molar-refractivity contribution in [2.75, 3.05) is 46.4 Å². The van der Waals surface area contributed by atoms with Crippen LogP contribution in [0.1, 0.15) is 18.4 Å². The van der Waals surface area contributed by atoms with Crippen LogP contribution in [0.25, 0.3) is 0 Å². The van der Waals surface area contributed by atoms with Gasteiger partial charge in [0.05, 0.1) is 7.11 Å². The Morgan fingerprint density at radius 1 is 1.22 bits per heavy atom. The molecule has 126 valence electrons. The molecule has 2 aliphatic heterocycles. The van der Waals surface area contributed by atoms with E-state index in [1.54, 1.807) is 7.11 Å². The minimum Gasteiger partial charge on any atom is -0.497 e. The number of amides is 1. The zero-order valence-electron chi connectivity index (χ0n) is 14.0. The minimum absolute atomic E-state index is 0.290. The van der Waals surface area contributed by atoms with Crippen LogP contribution in [-0.2, 0) is 11.2 Å². The number of likely N-dealkylation sites (tertiary alicyclic amines) is 1. The molecule has 1 aromatic carbocycles. The Morgan fingerprint density at radius 3 is 2.65 bits per heavy atom. The number of nitrogens with one attached hydrogen (secondary N) is 1. The molecule has 23 heavy (non-hydrogen) atoms. The van der Waals surface area contributed by atoms with E-state index in [1.807, 2.05) is 24.3 Å². The van der Waals surface area contributed by atoms with Crippen molar-refractivity contribution >= 4 is 5.91 Å². The number of benzene rings is 1. The molecule has 0 saturated carbocycles. The second kappa shape index (κ2) is 7.79. The Kier molecular flexibility index (Phi) is 5.51. The van der Waals surface area contributed by atoms with Crippen molar-refractivity contribution in [3.8, 4) is 5.75 Å². The van der Waals surface area contributed by atoms with Crippen molar-refractivity contribution in [1.29, 1.82) is 0 Å². The van der Waals surface area contributed by atoms with Gasteiger partial charge in [0.1, 0.15) is 5.75 Å². The summed E-state index contributed by atoms with van der Waals surface area (Å²) in [4.78, 5) is 17.0. The van der Waals surface area contributed by atoms with E-state index in [-0.39, 0.29) is 0 Å². The smallest absolute Gasteiger partial charge is 0.222 e. The SMILES string of the molecule is COc1ccc(CCC(=O)N2CCC(N3CCNCC3)C2)cc1. The molecule has 1 amide bonds. The summed E-state index contributed by atoms with van der Waals surface area (Å²) in [6.07, 6.45) is 2.52. The first-order chi connectivity index (χ1) is 11.3. The molecule has 2 fully saturated rings. The Labute approximate surface area is 138 Å². The molecule has 1 atom stereocenters. The molecule has 2 aliphatic rings. The number of carbonyl (C=O) groups is 1. The van der Waals surface area contributed by atoms with Gasteiger partial charge in [-0.05, 0) is 30.5 Å². The van der Waals surface area contributed by atoms with Crippen molar-refractivity contribution in [1.82, 2.24) is 15.1 Å². The first-order valence-electron chi connectivity index (χ1n) is 8.62. The number of carbonyl (C=O) groups excluding carboxylic acids is 1. The maximum Gasteiger partial charge on any atom is 0.222 e. The minimum atomic E-state index is 0.290. The predicted molar refractivity (Wildman–Crippen MR) is 90.7 cm³/mol. The van der Waals surface area contributed by atoms with Gasteiger partial charge < -0.3 is 15.0 Å². The molecule has 0 aromatic heterocycles. The molecule has 1 aromatic rings. The normalized spacial score (nSPS) is 22.3. The monoisotopic (exact) mass is 317 g/mol. The van der Waals surface area contributed by atoms with E-state index >= 15 is 0 Å². The van der Waals surface area contributed by atoms with Crippen LogP contribution in [0, 0.1) is 0 Å². The summed E-state index contributed by atoms with van der Waals surface area (Å²) < 4.78 is 5.16. The number of nitrogens with zero attached hydrogens (tertiary/aromatic N) is 2. The van der Waals surface area contributed by atoms with E-state index in [9.17, 15) is 4.79 Å². The highest BCUT2D eigenvalue weighted by Gasteiger charge is 2.30. The maximum absolute atomic E-state index is 12.4. The first kappa shape index (κ1) is 16.3. The lowest BCUT2D eigenvalue weighted by molar-refractivity contribution is -0.130. The lowest BCUT2D eigenvalue weighted by Crippen LogP contribution is -2.49. The largest absolute Gasteiger partial charge is 0.497 e. The number of aryl methyl sites for hydroxylation is 1. The second-order valence-electron chi connectivity index (χ2n) is 6.42. The van der Waals surface area contributed by atoms with Crippen molar-refractivity contribution in [3.63, 3.8) is 0 Å². The van der Waals surface area contributed by atoms with Gasteiger partial charge in [0.2, 0.25) is 5.91 Å². The topological polar surface area (TPSA) is 44.8 Å². The molecule has 0 aliphatic carbocycles. The molecule has 0 bridgehead atoms. The number of methoxy groups -OCH3 is 1. The Balaban J connectivity index is 1.45. The highest BCUT2D eigenvalue weighted by atomic mass is 16.5. The van der Waals surface area contributed by atoms with Gasteiger partial charge in [-0.3, -0.25) is 9.69 Å². The Hall–Kier alpha value is -1.59. The summed E-state index contributed by atoms with van der Waals surface area (Å²) in [6.45, 7) is 6.18. The van der Waals surface area contributed by atoms with Crippen molar-refractivity contribution in [2.45, 2.75) is 25.3 Å². The number of ether oxygens (including phenoxy) is 1.